The predicted molar refractivity (Wildman–Crippen MR) is 106 cm³/mol. The van der Waals surface area contributed by atoms with Crippen molar-refractivity contribution in [1.29, 1.82) is 0 Å². The maximum atomic E-state index is 5.43. The number of nitrogens with zero attached hydrogens (tertiary/aromatic N) is 2. The van der Waals surface area contributed by atoms with E-state index in [1.165, 1.54) is 0 Å². The predicted octanol–water partition coefficient (Wildman–Crippen LogP) is 2.83. The van der Waals surface area contributed by atoms with Crippen LogP contribution in [0.3, 0.4) is 0 Å². The average Bonchev–Trinajstić information content (AvgIpc) is 3.06. The van der Waals surface area contributed by atoms with Crippen LogP contribution in [0.1, 0.15) is 22.6 Å². The molecule has 6 nitrogen and oxygen atoms in total. The van der Waals surface area contributed by atoms with Crippen molar-refractivity contribution in [3.8, 4) is 5.75 Å². The number of ether oxygens (including phenoxy) is 1. The third-order valence-electron chi connectivity index (χ3n) is 3.64. The molecule has 0 atom stereocenters. The number of pyridine rings is 1. The van der Waals surface area contributed by atoms with Gasteiger partial charge >= 0.3 is 0 Å². The van der Waals surface area contributed by atoms with E-state index in [-0.39, 0.29) is 24.0 Å². The molecule has 0 fully saturated rings. The number of aromatic nitrogens is 1. The van der Waals surface area contributed by atoms with Crippen LogP contribution in [0.2, 0.25) is 0 Å². The third kappa shape index (κ3) is 5.40. The number of methoxy groups -OCH3 is 1. The van der Waals surface area contributed by atoms with Crippen LogP contribution in [0.15, 0.2) is 34.0 Å². The summed E-state index contributed by atoms with van der Waals surface area (Å²) in [6.45, 7) is 5.34. The van der Waals surface area contributed by atoms with Gasteiger partial charge in [-0.1, -0.05) is 0 Å². The first-order chi connectivity index (χ1) is 11.2. The molecule has 2 heterocycles. The Balaban J connectivity index is 0.00000288. The number of aliphatic imine (C=N–C) groups is 1. The highest BCUT2D eigenvalue weighted by molar-refractivity contribution is 14.0. The van der Waals surface area contributed by atoms with Gasteiger partial charge in [0.2, 0.25) is 0 Å². The SMILES string of the molecule is CN=C(NCCc1ccco1)NCc1ncc(C)c(OC)c1C.I. The summed E-state index contributed by atoms with van der Waals surface area (Å²) in [5.74, 6) is 2.57. The van der Waals surface area contributed by atoms with Gasteiger partial charge in [0.05, 0.1) is 25.6 Å². The molecule has 132 valence electrons. The summed E-state index contributed by atoms with van der Waals surface area (Å²) in [5, 5.41) is 6.52. The first-order valence-electron chi connectivity index (χ1n) is 7.61. The second kappa shape index (κ2) is 10.2. The first-order valence-corrected chi connectivity index (χ1v) is 7.61. The van der Waals surface area contributed by atoms with Crippen molar-refractivity contribution in [2.24, 2.45) is 4.99 Å². The van der Waals surface area contributed by atoms with Crippen molar-refractivity contribution >= 4 is 29.9 Å². The second-order valence-corrected chi connectivity index (χ2v) is 5.23. The number of nitrogens with one attached hydrogen (secondary N) is 2. The summed E-state index contributed by atoms with van der Waals surface area (Å²) < 4.78 is 10.7. The van der Waals surface area contributed by atoms with Crippen LogP contribution in [0.5, 0.6) is 5.75 Å². The summed E-state index contributed by atoms with van der Waals surface area (Å²) in [6.07, 6.45) is 4.32. The Kier molecular flexibility index (Phi) is 8.59. The molecule has 0 bridgehead atoms. The minimum Gasteiger partial charge on any atom is -0.496 e. The molecule has 0 radical (unpaired) electrons. The molecule has 0 aromatic carbocycles. The fourth-order valence-electron chi connectivity index (χ4n) is 2.40. The Morgan fingerprint density at radius 2 is 2.12 bits per heavy atom. The summed E-state index contributed by atoms with van der Waals surface area (Å²) in [5.41, 5.74) is 3.03. The van der Waals surface area contributed by atoms with Gasteiger partial charge < -0.3 is 19.8 Å². The molecule has 0 aliphatic rings. The fraction of sp³-hybridized carbons (Fsp3) is 0.412. The van der Waals surface area contributed by atoms with E-state index < -0.39 is 0 Å². The normalized spacial score (nSPS) is 10.9. The fourth-order valence-corrected chi connectivity index (χ4v) is 2.40. The zero-order chi connectivity index (χ0) is 16.7. The number of aryl methyl sites for hydroxylation is 1. The summed E-state index contributed by atoms with van der Waals surface area (Å²) in [7, 11) is 3.43. The van der Waals surface area contributed by atoms with Gasteiger partial charge in [0, 0.05) is 37.3 Å². The molecule has 0 spiro atoms. The standard InChI is InChI=1S/C17H24N4O2.HI/c1-12-10-20-15(13(2)16(12)22-4)11-21-17(18-3)19-8-7-14-6-5-9-23-14;/h5-6,9-10H,7-8,11H2,1-4H3,(H2,18,19,21);1H. The van der Waals surface area contributed by atoms with E-state index in [2.05, 4.69) is 20.6 Å². The number of hydrogen-bond donors (Lipinski definition) is 2. The molecule has 0 aliphatic carbocycles. The highest BCUT2D eigenvalue weighted by atomic mass is 127. The van der Waals surface area contributed by atoms with Crippen LogP contribution in [-0.4, -0.2) is 31.6 Å². The minimum absolute atomic E-state index is 0. The largest absolute Gasteiger partial charge is 0.496 e. The van der Waals surface area contributed by atoms with Crippen LogP contribution >= 0.6 is 24.0 Å². The van der Waals surface area contributed by atoms with Crippen molar-refractivity contribution in [2.75, 3.05) is 20.7 Å². The number of rotatable bonds is 6. The molecular weight excluding hydrogens is 419 g/mol. The molecule has 0 amide bonds. The molecule has 2 aromatic heterocycles. The number of furan rings is 1. The Labute approximate surface area is 160 Å². The lowest BCUT2D eigenvalue weighted by Crippen LogP contribution is -2.38. The number of guanidine groups is 1. The molecule has 0 aliphatic heterocycles. The quantitative estimate of drug-likeness (QED) is 0.408. The lowest BCUT2D eigenvalue weighted by molar-refractivity contribution is 0.406. The van der Waals surface area contributed by atoms with Crippen molar-refractivity contribution in [2.45, 2.75) is 26.8 Å². The lowest BCUT2D eigenvalue weighted by Gasteiger charge is -2.15. The van der Waals surface area contributed by atoms with E-state index in [9.17, 15) is 0 Å². The molecule has 0 saturated carbocycles. The van der Waals surface area contributed by atoms with Crippen molar-refractivity contribution in [3.63, 3.8) is 0 Å². The van der Waals surface area contributed by atoms with E-state index in [1.54, 1.807) is 20.4 Å². The van der Waals surface area contributed by atoms with E-state index in [0.717, 1.165) is 47.3 Å². The van der Waals surface area contributed by atoms with Gasteiger partial charge in [0.15, 0.2) is 5.96 Å². The van der Waals surface area contributed by atoms with E-state index in [0.29, 0.717) is 6.54 Å². The molecule has 2 N–H and O–H groups in total. The van der Waals surface area contributed by atoms with E-state index in [4.69, 9.17) is 9.15 Å². The number of hydrogen-bond acceptors (Lipinski definition) is 4. The van der Waals surface area contributed by atoms with Crippen molar-refractivity contribution in [1.82, 2.24) is 15.6 Å². The smallest absolute Gasteiger partial charge is 0.191 e. The van der Waals surface area contributed by atoms with Gasteiger partial charge in [-0.3, -0.25) is 9.98 Å². The van der Waals surface area contributed by atoms with Crippen molar-refractivity contribution in [3.05, 3.63) is 47.2 Å². The van der Waals surface area contributed by atoms with Crippen LogP contribution < -0.4 is 15.4 Å². The van der Waals surface area contributed by atoms with Crippen LogP contribution in [0.4, 0.5) is 0 Å². The van der Waals surface area contributed by atoms with Crippen LogP contribution in [-0.2, 0) is 13.0 Å². The summed E-state index contributed by atoms with van der Waals surface area (Å²) in [4.78, 5) is 8.69. The summed E-state index contributed by atoms with van der Waals surface area (Å²) in [6, 6.07) is 3.85. The Bertz CT molecular complexity index is 657. The van der Waals surface area contributed by atoms with E-state index in [1.807, 2.05) is 32.2 Å². The van der Waals surface area contributed by atoms with Gasteiger partial charge in [-0.05, 0) is 26.0 Å². The maximum absolute atomic E-state index is 5.43. The molecule has 0 saturated heterocycles. The monoisotopic (exact) mass is 444 g/mol. The highest BCUT2D eigenvalue weighted by Crippen LogP contribution is 2.23. The topological polar surface area (TPSA) is 71.7 Å². The van der Waals surface area contributed by atoms with E-state index >= 15 is 0 Å². The van der Waals surface area contributed by atoms with Gasteiger partial charge in [-0.15, -0.1) is 24.0 Å². The zero-order valence-corrected chi connectivity index (χ0v) is 16.9. The highest BCUT2D eigenvalue weighted by Gasteiger charge is 2.09. The second-order valence-electron chi connectivity index (χ2n) is 5.23. The maximum Gasteiger partial charge on any atom is 0.191 e. The average molecular weight is 444 g/mol. The first kappa shape index (κ1) is 20.3. The zero-order valence-electron chi connectivity index (χ0n) is 14.5. The number of halogens is 1. The molecule has 2 aromatic rings. The Morgan fingerprint density at radius 1 is 1.33 bits per heavy atom. The Hall–Kier alpha value is -1.77. The minimum atomic E-state index is 0. The van der Waals surface area contributed by atoms with Gasteiger partial charge in [-0.2, -0.15) is 0 Å². The lowest BCUT2D eigenvalue weighted by atomic mass is 10.1. The van der Waals surface area contributed by atoms with Gasteiger partial charge in [0.1, 0.15) is 11.5 Å². The van der Waals surface area contributed by atoms with Crippen LogP contribution in [0.25, 0.3) is 0 Å². The summed E-state index contributed by atoms with van der Waals surface area (Å²) >= 11 is 0. The molecule has 7 heteroatoms. The van der Waals surface area contributed by atoms with Crippen molar-refractivity contribution < 1.29 is 9.15 Å². The molecular formula is C17H25IN4O2. The van der Waals surface area contributed by atoms with Gasteiger partial charge in [-0.25, -0.2) is 0 Å². The molecule has 24 heavy (non-hydrogen) atoms. The third-order valence-corrected chi connectivity index (χ3v) is 3.64. The molecule has 2 rings (SSSR count). The van der Waals surface area contributed by atoms with Crippen LogP contribution in [0, 0.1) is 13.8 Å². The molecule has 0 unspecified atom stereocenters. The Morgan fingerprint density at radius 3 is 2.75 bits per heavy atom. The van der Waals surface area contributed by atoms with Gasteiger partial charge in [0.25, 0.3) is 0 Å².